The second-order valence-electron chi connectivity index (χ2n) is 7.51. The molecule has 2 amide bonds. The lowest BCUT2D eigenvalue weighted by atomic mass is 10.1. The molecule has 34 heavy (non-hydrogen) atoms. The zero-order valence-electron chi connectivity index (χ0n) is 18.0. The Morgan fingerprint density at radius 2 is 1.44 bits per heavy atom. The number of carbonyl (C=O) groups is 2. The second-order valence-corrected chi connectivity index (χ2v) is 9.05. The number of aromatic carboxylic acids is 1. The molecule has 0 bridgehead atoms. The van der Waals surface area contributed by atoms with Crippen LogP contribution in [0, 0.1) is 6.92 Å². The topological polar surface area (TPSA) is 122 Å². The van der Waals surface area contributed by atoms with E-state index in [4.69, 9.17) is 4.18 Å². The van der Waals surface area contributed by atoms with Crippen LogP contribution in [-0.2, 0) is 10.1 Å². The minimum Gasteiger partial charge on any atom is -0.478 e. The highest BCUT2D eigenvalue weighted by Gasteiger charge is 2.22. The van der Waals surface area contributed by atoms with E-state index in [2.05, 4.69) is 10.6 Å². The van der Waals surface area contributed by atoms with E-state index in [0.29, 0.717) is 11.1 Å². The first kappa shape index (κ1) is 22.8. The van der Waals surface area contributed by atoms with Crippen LogP contribution in [0.4, 0.5) is 16.2 Å². The molecule has 0 radical (unpaired) electrons. The number of amides is 2. The summed E-state index contributed by atoms with van der Waals surface area (Å²) in [5.41, 5.74) is 1.32. The van der Waals surface area contributed by atoms with Gasteiger partial charge in [0.05, 0.1) is 0 Å². The lowest BCUT2D eigenvalue weighted by Crippen LogP contribution is -2.20. The van der Waals surface area contributed by atoms with Crippen molar-refractivity contribution >= 4 is 44.3 Å². The molecule has 0 saturated carbocycles. The van der Waals surface area contributed by atoms with Crippen LogP contribution >= 0.6 is 0 Å². The summed E-state index contributed by atoms with van der Waals surface area (Å²) in [6, 6.07) is 21.9. The van der Waals surface area contributed by atoms with Crippen molar-refractivity contribution in [3.05, 3.63) is 96.1 Å². The van der Waals surface area contributed by atoms with Gasteiger partial charge < -0.3 is 19.9 Å². The Balaban J connectivity index is 1.55. The molecule has 0 spiro atoms. The normalized spacial score (nSPS) is 11.1. The number of rotatable bonds is 6. The van der Waals surface area contributed by atoms with Gasteiger partial charge in [0, 0.05) is 11.4 Å². The molecule has 0 saturated heterocycles. The molecule has 0 aromatic heterocycles. The molecule has 9 heteroatoms. The molecule has 3 N–H and O–H groups in total. The van der Waals surface area contributed by atoms with E-state index in [0.717, 1.165) is 17.0 Å². The van der Waals surface area contributed by atoms with Crippen LogP contribution in [0.25, 0.3) is 10.8 Å². The molecule has 4 aromatic rings. The summed E-state index contributed by atoms with van der Waals surface area (Å²) < 4.78 is 30.8. The van der Waals surface area contributed by atoms with Gasteiger partial charge in [0.2, 0.25) is 0 Å². The number of carbonyl (C=O) groups excluding carboxylic acids is 1. The Labute approximate surface area is 195 Å². The minimum atomic E-state index is -4.30. The SMILES string of the molecule is Cc1ccc(NC(=O)Nc2ccc(OS(=O)(=O)c3ccc4ccccc4c3)c(C(=O)O)c2)cc1. The lowest BCUT2D eigenvalue weighted by molar-refractivity contribution is 0.0695. The number of fused-ring (bicyclic) bond motifs is 1. The summed E-state index contributed by atoms with van der Waals surface area (Å²) in [6.45, 7) is 1.92. The molecule has 4 rings (SSSR count). The third-order valence-corrected chi connectivity index (χ3v) is 6.22. The summed E-state index contributed by atoms with van der Waals surface area (Å²) in [4.78, 5) is 23.9. The summed E-state index contributed by atoms with van der Waals surface area (Å²) in [5.74, 6) is -1.78. The number of carboxylic acid groups (broad SMARTS) is 1. The van der Waals surface area contributed by atoms with Gasteiger partial charge in [-0.3, -0.25) is 0 Å². The van der Waals surface area contributed by atoms with Gasteiger partial charge in [-0.2, -0.15) is 8.42 Å². The maximum absolute atomic E-state index is 12.8. The van der Waals surface area contributed by atoms with Crippen molar-refractivity contribution in [3.8, 4) is 5.75 Å². The Morgan fingerprint density at radius 1 is 0.794 bits per heavy atom. The average Bonchev–Trinajstić information content (AvgIpc) is 2.81. The van der Waals surface area contributed by atoms with Crippen LogP contribution in [-0.4, -0.2) is 25.5 Å². The molecule has 0 aliphatic rings. The van der Waals surface area contributed by atoms with Crippen molar-refractivity contribution in [3.63, 3.8) is 0 Å². The van der Waals surface area contributed by atoms with E-state index < -0.39 is 27.7 Å². The van der Waals surface area contributed by atoms with Crippen molar-refractivity contribution in [2.75, 3.05) is 10.6 Å². The first-order valence-electron chi connectivity index (χ1n) is 10.2. The highest BCUT2D eigenvalue weighted by Crippen LogP contribution is 2.28. The molecule has 0 fully saturated rings. The summed E-state index contributed by atoms with van der Waals surface area (Å²) in [5, 5.41) is 16.3. The van der Waals surface area contributed by atoms with Crippen molar-refractivity contribution in [2.24, 2.45) is 0 Å². The lowest BCUT2D eigenvalue weighted by Gasteiger charge is -2.12. The number of hydrogen-bond donors (Lipinski definition) is 3. The summed E-state index contributed by atoms with van der Waals surface area (Å²) in [7, 11) is -4.30. The van der Waals surface area contributed by atoms with E-state index in [-0.39, 0.29) is 16.3 Å². The third kappa shape index (κ3) is 5.16. The number of hydrogen-bond acceptors (Lipinski definition) is 5. The van der Waals surface area contributed by atoms with E-state index in [1.165, 1.54) is 24.3 Å². The Bertz CT molecular complexity index is 1500. The van der Waals surface area contributed by atoms with E-state index in [1.807, 2.05) is 31.2 Å². The molecular formula is C25H20N2O6S. The zero-order valence-corrected chi connectivity index (χ0v) is 18.8. The molecule has 8 nitrogen and oxygen atoms in total. The van der Waals surface area contributed by atoms with Gasteiger partial charge in [-0.15, -0.1) is 0 Å². The average molecular weight is 477 g/mol. The first-order chi connectivity index (χ1) is 16.2. The Hall–Kier alpha value is -4.37. The highest BCUT2D eigenvalue weighted by molar-refractivity contribution is 7.87. The first-order valence-corrected chi connectivity index (χ1v) is 11.6. The van der Waals surface area contributed by atoms with Crippen LogP contribution in [0.3, 0.4) is 0 Å². The van der Waals surface area contributed by atoms with Gasteiger partial charge in [-0.25, -0.2) is 9.59 Å². The minimum absolute atomic E-state index is 0.109. The monoisotopic (exact) mass is 476 g/mol. The van der Waals surface area contributed by atoms with Crippen LogP contribution < -0.4 is 14.8 Å². The summed E-state index contributed by atoms with van der Waals surface area (Å²) in [6.07, 6.45) is 0. The van der Waals surface area contributed by atoms with Crippen LogP contribution in [0.2, 0.25) is 0 Å². The van der Waals surface area contributed by atoms with E-state index >= 15 is 0 Å². The third-order valence-electron chi connectivity index (χ3n) is 4.99. The molecular weight excluding hydrogens is 456 g/mol. The fraction of sp³-hybridized carbons (Fsp3) is 0.0400. The van der Waals surface area contributed by atoms with Gasteiger partial charge in [0.15, 0.2) is 5.75 Å². The van der Waals surface area contributed by atoms with Crippen molar-refractivity contribution in [2.45, 2.75) is 11.8 Å². The van der Waals surface area contributed by atoms with Crippen molar-refractivity contribution < 1.29 is 27.3 Å². The highest BCUT2D eigenvalue weighted by atomic mass is 32.2. The maximum atomic E-state index is 12.8. The predicted molar refractivity (Wildman–Crippen MR) is 129 cm³/mol. The molecule has 0 aliphatic heterocycles. The number of aryl methyl sites for hydroxylation is 1. The number of benzene rings is 4. The largest absolute Gasteiger partial charge is 0.478 e. The van der Waals surface area contributed by atoms with Crippen LogP contribution in [0.15, 0.2) is 89.8 Å². The number of urea groups is 1. The Kier molecular flexibility index (Phi) is 6.20. The zero-order chi connectivity index (χ0) is 24.3. The molecule has 0 heterocycles. The van der Waals surface area contributed by atoms with E-state index in [9.17, 15) is 23.1 Å². The number of nitrogens with one attached hydrogen (secondary N) is 2. The van der Waals surface area contributed by atoms with Gasteiger partial charge in [-0.05, 0) is 60.2 Å². The van der Waals surface area contributed by atoms with Crippen molar-refractivity contribution in [1.29, 1.82) is 0 Å². The standard InChI is InChI=1S/C25H20N2O6S/c1-16-6-9-19(10-7-16)26-25(30)27-20-11-13-23(22(15-20)24(28)29)33-34(31,32)21-12-8-17-4-2-3-5-18(17)14-21/h2-15H,1H3,(H,28,29)(H2,26,27,30). The predicted octanol–water partition coefficient (Wildman–Crippen LogP) is 5.26. The fourth-order valence-corrected chi connectivity index (χ4v) is 4.25. The fourth-order valence-electron chi connectivity index (χ4n) is 3.27. The van der Waals surface area contributed by atoms with Crippen LogP contribution in [0.1, 0.15) is 15.9 Å². The van der Waals surface area contributed by atoms with Crippen molar-refractivity contribution in [1.82, 2.24) is 0 Å². The number of carboxylic acids is 1. The maximum Gasteiger partial charge on any atom is 0.339 e. The van der Waals surface area contributed by atoms with E-state index in [1.54, 1.807) is 30.3 Å². The molecule has 0 aliphatic carbocycles. The number of anilines is 2. The van der Waals surface area contributed by atoms with Gasteiger partial charge in [-0.1, -0.05) is 48.0 Å². The quantitative estimate of drug-likeness (QED) is 0.327. The molecule has 4 aromatic carbocycles. The second kappa shape index (κ2) is 9.24. The van der Waals surface area contributed by atoms with Gasteiger partial charge >= 0.3 is 22.1 Å². The molecule has 172 valence electrons. The van der Waals surface area contributed by atoms with Crippen LogP contribution in [0.5, 0.6) is 5.75 Å². The smallest absolute Gasteiger partial charge is 0.339 e. The van der Waals surface area contributed by atoms with Gasteiger partial charge in [0.25, 0.3) is 0 Å². The Morgan fingerprint density at radius 3 is 2.15 bits per heavy atom. The summed E-state index contributed by atoms with van der Waals surface area (Å²) >= 11 is 0. The molecule has 0 unspecified atom stereocenters. The molecule has 0 atom stereocenters. The van der Waals surface area contributed by atoms with Gasteiger partial charge in [0.1, 0.15) is 10.5 Å².